The lowest BCUT2D eigenvalue weighted by Gasteiger charge is -2.03. The van der Waals surface area contributed by atoms with E-state index < -0.39 is 12.0 Å². The van der Waals surface area contributed by atoms with Crippen LogP contribution in [0, 0.1) is 13.8 Å². The maximum atomic E-state index is 12.8. The van der Waals surface area contributed by atoms with Gasteiger partial charge < -0.3 is 4.98 Å². The van der Waals surface area contributed by atoms with Crippen LogP contribution in [0.4, 0.5) is 13.2 Å². The largest absolute Gasteiger partial charge is 0.451 e. The van der Waals surface area contributed by atoms with Crippen molar-refractivity contribution >= 4 is 5.78 Å². The number of fused-ring (bicyclic) bond motifs is 1. The minimum Gasteiger partial charge on any atom is -0.343 e. The predicted molar refractivity (Wildman–Crippen MR) is 80.4 cm³/mol. The number of H-pyrrole nitrogens is 2. The van der Waals surface area contributed by atoms with Crippen molar-refractivity contribution in [2.45, 2.75) is 20.0 Å². The summed E-state index contributed by atoms with van der Waals surface area (Å²) in [6.07, 6.45) is 0.192. The van der Waals surface area contributed by atoms with Gasteiger partial charge in [-0.05, 0) is 19.4 Å². The predicted octanol–water partition coefficient (Wildman–Crippen LogP) is 2.54. The molecule has 0 radical (unpaired) electrons. The first-order valence-corrected chi connectivity index (χ1v) is 7.19. The van der Waals surface area contributed by atoms with Crippen molar-refractivity contribution in [3.8, 4) is 22.9 Å². The quantitative estimate of drug-likeness (QED) is 0.580. The Kier molecular flexibility index (Phi) is 3.14. The summed E-state index contributed by atoms with van der Waals surface area (Å²) in [6.45, 7) is 3.71. The maximum Gasteiger partial charge on any atom is 0.451 e. The van der Waals surface area contributed by atoms with E-state index in [0.717, 1.165) is 11.3 Å². The van der Waals surface area contributed by atoms with Crippen LogP contribution in [0.1, 0.15) is 17.1 Å². The lowest BCUT2D eigenvalue weighted by Crippen LogP contribution is -2.07. The average molecular weight is 348 g/mol. The van der Waals surface area contributed by atoms with E-state index in [4.69, 9.17) is 0 Å². The number of nitrogens with zero attached hydrogens (tertiary/aromatic N) is 6. The van der Waals surface area contributed by atoms with Crippen LogP contribution in [0.3, 0.4) is 0 Å². The molecule has 2 N–H and O–H groups in total. The molecule has 0 aromatic carbocycles. The second-order valence-corrected chi connectivity index (χ2v) is 5.46. The summed E-state index contributed by atoms with van der Waals surface area (Å²) in [4.78, 5) is 19.1. The first-order valence-electron chi connectivity index (χ1n) is 7.19. The van der Waals surface area contributed by atoms with Crippen LogP contribution >= 0.6 is 0 Å². The highest BCUT2D eigenvalue weighted by Crippen LogP contribution is 2.32. The molecular formula is C14H11F3N8. The van der Waals surface area contributed by atoms with Gasteiger partial charge in [0.15, 0.2) is 0 Å². The molecule has 8 nitrogen and oxygen atoms in total. The minimum absolute atomic E-state index is 0.169. The van der Waals surface area contributed by atoms with Gasteiger partial charge >= 0.3 is 6.18 Å². The van der Waals surface area contributed by atoms with Gasteiger partial charge in [0.2, 0.25) is 17.4 Å². The molecule has 128 valence electrons. The summed E-state index contributed by atoms with van der Waals surface area (Å²) >= 11 is 0. The van der Waals surface area contributed by atoms with Gasteiger partial charge in [0.1, 0.15) is 11.4 Å². The minimum atomic E-state index is -4.62. The fourth-order valence-electron chi connectivity index (χ4n) is 2.44. The number of aromatic amines is 2. The van der Waals surface area contributed by atoms with Crippen molar-refractivity contribution < 1.29 is 13.2 Å². The number of aromatic nitrogens is 8. The highest BCUT2D eigenvalue weighted by atomic mass is 19.4. The zero-order valence-electron chi connectivity index (χ0n) is 13.0. The number of rotatable bonds is 2. The average Bonchev–Trinajstić information content (AvgIpc) is 3.25. The Labute approximate surface area is 138 Å². The molecule has 0 atom stereocenters. The van der Waals surface area contributed by atoms with Crippen LogP contribution in [0.5, 0.6) is 0 Å². The first kappa shape index (κ1) is 15.3. The highest BCUT2D eigenvalue weighted by Gasteiger charge is 2.36. The molecule has 0 aliphatic heterocycles. The van der Waals surface area contributed by atoms with Gasteiger partial charge in [-0.3, -0.25) is 9.50 Å². The number of alkyl halides is 3. The third-order valence-corrected chi connectivity index (χ3v) is 3.77. The SMILES string of the molecule is Cc1cn2c(-c3cnc[nH]3)c(-c3n[nH]c(C(F)(F)F)n3)nc2nc1C. The second kappa shape index (κ2) is 5.13. The van der Waals surface area contributed by atoms with E-state index in [-0.39, 0.29) is 11.5 Å². The Balaban J connectivity index is 2.00. The van der Waals surface area contributed by atoms with Crippen LogP contribution in [-0.2, 0) is 6.18 Å². The topological polar surface area (TPSA) is 100 Å². The van der Waals surface area contributed by atoms with Crippen molar-refractivity contribution in [1.82, 2.24) is 39.5 Å². The van der Waals surface area contributed by atoms with E-state index in [0.29, 0.717) is 17.2 Å². The van der Waals surface area contributed by atoms with E-state index in [1.54, 1.807) is 10.6 Å². The molecule has 4 aromatic heterocycles. The summed E-state index contributed by atoms with van der Waals surface area (Å²) in [5.74, 6) is -1.02. The molecule has 0 spiro atoms. The lowest BCUT2D eigenvalue weighted by atomic mass is 10.2. The Bertz CT molecular complexity index is 1060. The van der Waals surface area contributed by atoms with Gasteiger partial charge in [0.05, 0.1) is 18.2 Å². The molecule has 0 fully saturated rings. The number of aryl methyl sites for hydroxylation is 2. The van der Waals surface area contributed by atoms with E-state index in [1.807, 2.05) is 25.1 Å². The molecule has 0 aliphatic carbocycles. The van der Waals surface area contributed by atoms with Crippen molar-refractivity contribution in [3.63, 3.8) is 0 Å². The van der Waals surface area contributed by atoms with E-state index in [2.05, 4.69) is 30.0 Å². The van der Waals surface area contributed by atoms with Crippen LogP contribution in [0.15, 0.2) is 18.7 Å². The number of hydrogen-bond donors (Lipinski definition) is 2. The fourth-order valence-corrected chi connectivity index (χ4v) is 2.44. The molecule has 0 aliphatic rings. The van der Waals surface area contributed by atoms with Gasteiger partial charge in [0, 0.05) is 11.9 Å². The van der Waals surface area contributed by atoms with Gasteiger partial charge in [0.25, 0.3) is 0 Å². The first-order chi connectivity index (χ1) is 11.8. The molecule has 25 heavy (non-hydrogen) atoms. The fraction of sp³-hybridized carbons (Fsp3) is 0.214. The van der Waals surface area contributed by atoms with Crippen LogP contribution in [-0.4, -0.2) is 39.5 Å². The summed E-state index contributed by atoms with van der Waals surface area (Å²) in [6, 6.07) is 0. The summed E-state index contributed by atoms with van der Waals surface area (Å²) < 4.78 is 40.1. The maximum absolute atomic E-state index is 12.8. The molecule has 4 rings (SSSR count). The lowest BCUT2D eigenvalue weighted by molar-refractivity contribution is -0.144. The molecule has 0 unspecified atom stereocenters. The van der Waals surface area contributed by atoms with Gasteiger partial charge in [-0.2, -0.15) is 18.3 Å². The van der Waals surface area contributed by atoms with E-state index in [9.17, 15) is 13.2 Å². The molecule has 0 bridgehead atoms. The van der Waals surface area contributed by atoms with E-state index in [1.165, 1.54) is 6.33 Å². The third kappa shape index (κ3) is 2.44. The Morgan fingerprint density at radius 3 is 2.56 bits per heavy atom. The summed E-state index contributed by atoms with van der Waals surface area (Å²) in [5, 5.41) is 5.57. The van der Waals surface area contributed by atoms with E-state index >= 15 is 0 Å². The van der Waals surface area contributed by atoms with Crippen LogP contribution in [0.25, 0.3) is 28.7 Å². The van der Waals surface area contributed by atoms with Crippen molar-refractivity contribution in [3.05, 3.63) is 35.8 Å². The van der Waals surface area contributed by atoms with Crippen molar-refractivity contribution in [1.29, 1.82) is 0 Å². The molecule has 11 heteroatoms. The molecule has 0 amide bonds. The molecule has 4 heterocycles. The van der Waals surface area contributed by atoms with Crippen LogP contribution < -0.4 is 0 Å². The summed E-state index contributed by atoms with van der Waals surface area (Å²) in [7, 11) is 0. The molecular weight excluding hydrogens is 337 g/mol. The number of nitrogens with one attached hydrogen (secondary N) is 2. The second-order valence-electron chi connectivity index (χ2n) is 5.46. The Morgan fingerprint density at radius 2 is 1.92 bits per heavy atom. The highest BCUT2D eigenvalue weighted by molar-refractivity contribution is 5.76. The number of imidazole rings is 2. The zero-order valence-corrected chi connectivity index (χ0v) is 13.0. The number of hydrogen-bond acceptors (Lipinski definition) is 5. The Morgan fingerprint density at radius 1 is 1.12 bits per heavy atom. The smallest absolute Gasteiger partial charge is 0.343 e. The van der Waals surface area contributed by atoms with Gasteiger partial charge in [-0.1, -0.05) is 0 Å². The van der Waals surface area contributed by atoms with Crippen LogP contribution in [0.2, 0.25) is 0 Å². The Hall–Kier alpha value is -3.24. The van der Waals surface area contributed by atoms with Gasteiger partial charge in [-0.15, -0.1) is 0 Å². The third-order valence-electron chi connectivity index (χ3n) is 3.77. The zero-order chi connectivity index (χ0) is 17.8. The van der Waals surface area contributed by atoms with Crippen molar-refractivity contribution in [2.24, 2.45) is 0 Å². The normalized spacial score (nSPS) is 12.2. The van der Waals surface area contributed by atoms with Gasteiger partial charge in [-0.25, -0.2) is 19.9 Å². The number of halogens is 3. The monoisotopic (exact) mass is 348 g/mol. The van der Waals surface area contributed by atoms with Crippen molar-refractivity contribution in [2.75, 3.05) is 0 Å². The molecule has 0 saturated carbocycles. The standard InChI is InChI=1S/C14H11F3N8/c1-6-4-25-10(8-3-18-5-19-8)9(21-13(25)20-7(6)2)11-22-12(24-23-11)14(15,16)17/h3-5H,1-2H3,(H,18,19)(H,22,23,24). The molecule has 4 aromatic rings. The molecule has 0 saturated heterocycles. The summed E-state index contributed by atoms with van der Waals surface area (Å²) in [5.41, 5.74) is 2.89.